The Labute approximate surface area is 220 Å². The van der Waals surface area contributed by atoms with Crippen LogP contribution in [0.3, 0.4) is 0 Å². The van der Waals surface area contributed by atoms with Crippen LogP contribution in [0.1, 0.15) is 86.6 Å². The van der Waals surface area contributed by atoms with Gasteiger partial charge in [0, 0.05) is 11.8 Å². The first-order valence-corrected chi connectivity index (χ1v) is 15.1. The van der Waals surface area contributed by atoms with E-state index in [1.54, 1.807) is 0 Å². The van der Waals surface area contributed by atoms with Crippen LogP contribution in [0.5, 0.6) is 0 Å². The van der Waals surface area contributed by atoms with Crippen molar-refractivity contribution in [2.45, 2.75) is 92.2 Å². The Morgan fingerprint density at radius 3 is 1.89 bits per heavy atom. The van der Waals surface area contributed by atoms with Crippen molar-refractivity contribution in [1.82, 2.24) is 0 Å². The lowest BCUT2D eigenvalue weighted by molar-refractivity contribution is 0.0697. The van der Waals surface area contributed by atoms with Crippen LogP contribution < -0.4 is 10.5 Å². The fourth-order valence-corrected chi connectivity index (χ4v) is 6.27. The van der Waals surface area contributed by atoms with Gasteiger partial charge in [0.25, 0.3) is 0 Å². The molecule has 0 amide bonds. The Hall–Kier alpha value is -2.24. The lowest BCUT2D eigenvalue weighted by Gasteiger charge is -2.24. The molecule has 3 rings (SSSR count). The number of carboxylic acid groups (broad SMARTS) is 1. The molecule has 2 aromatic rings. The number of aromatic carboxylic acids is 1. The quantitative estimate of drug-likeness (QED) is 0.254. The average molecular weight is 559 g/mol. The Morgan fingerprint density at radius 2 is 1.41 bits per heavy atom. The van der Waals surface area contributed by atoms with Crippen molar-refractivity contribution >= 4 is 33.4 Å². The van der Waals surface area contributed by atoms with Crippen molar-refractivity contribution in [2.24, 2.45) is 5.14 Å². The van der Waals surface area contributed by atoms with E-state index in [9.17, 15) is 17.6 Å². The number of nitrogens with two attached hydrogens (primary N) is 1. The van der Waals surface area contributed by atoms with Gasteiger partial charge in [0.15, 0.2) is 17.5 Å². The standard InChI is InChI=1S/C26H33F3N2O4S2/c27-20-21(28)25(37(30,34)35)23(31-19-10-8-6-4-2-1-3-5-7-9-11-19)22(29)24(20)36-16-17-12-14-18(15-13-17)26(32)33/h12-15,19,31H,1-11,16H2,(H,32,33)(H2,30,34,35). The number of carboxylic acids is 1. The maximum atomic E-state index is 15.7. The summed E-state index contributed by atoms with van der Waals surface area (Å²) in [6.45, 7) is 0. The molecule has 0 saturated heterocycles. The van der Waals surface area contributed by atoms with Gasteiger partial charge in [0.1, 0.15) is 4.90 Å². The predicted octanol–water partition coefficient (Wildman–Crippen LogP) is 6.83. The van der Waals surface area contributed by atoms with E-state index >= 15 is 8.78 Å². The molecule has 0 radical (unpaired) electrons. The Balaban J connectivity index is 1.91. The van der Waals surface area contributed by atoms with E-state index < -0.39 is 48.9 Å². The minimum absolute atomic E-state index is 0.00473. The summed E-state index contributed by atoms with van der Waals surface area (Å²) in [6, 6.07) is 5.37. The lowest BCUT2D eigenvalue weighted by Crippen LogP contribution is -2.25. The number of primary sulfonamides is 1. The number of halogens is 3. The summed E-state index contributed by atoms with van der Waals surface area (Å²) in [4.78, 5) is 9.16. The van der Waals surface area contributed by atoms with Gasteiger partial charge in [-0.3, -0.25) is 0 Å². The molecule has 6 nitrogen and oxygen atoms in total. The van der Waals surface area contributed by atoms with Crippen LogP contribution in [-0.4, -0.2) is 25.5 Å². The van der Waals surface area contributed by atoms with Gasteiger partial charge < -0.3 is 10.4 Å². The number of anilines is 1. The summed E-state index contributed by atoms with van der Waals surface area (Å²) >= 11 is 0.656. The summed E-state index contributed by atoms with van der Waals surface area (Å²) in [5, 5.41) is 17.1. The molecule has 1 fully saturated rings. The molecule has 37 heavy (non-hydrogen) atoms. The lowest BCUT2D eigenvalue weighted by atomic mass is 9.97. The minimum Gasteiger partial charge on any atom is -0.478 e. The highest BCUT2D eigenvalue weighted by molar-refractivity contribution is 7.98. The number of benzene rings is 2. The van der Waals surface area contributed by atoms with Crippen LogP contribution >= 0.6 is 11.8 Å². The van der Waals surface area contributed by atoms with E-state index in [1.807, 2.05) is 0 Å². The highest BCUT2D eigenvalue weighted by Crippen LogP contribution is 2.39. The first kappa shape index (κ1) is 29.3. The van der Waals surface area contributed by atoms with Crippen LogP contribution in [0, 0.1) is 17.5 Å². The van der Waals surface area contributed by atoms with Crippen molar-refractivity contribution in [3.8, 4) is 0 Å². The summed E-state index contributed by atoms with van der Waals surface area (Å²) in [7, 11) is -4.78. The molecule has 0 unspecified atom stereocenters. The van der Waals surface area contributed by atoms with Crippen LogP contribution in [0.15, 0.2) is 34.1 Å². The molecule has 11 heteroatoms. The molecular formula is C26H33F3N2O4S2. The second kappa shape index (κ2) is 13.5. The molecule has 2 aromatic carbocycles. The van der Waals surface area contributed by atoms with Crippen molar-refractivity contribution in [2.75, 3.05) is 5.32 Å². The Morgan fingerprint density at radius 1 is 0.892 bits per heavy atom. The van der Waals surface area contributed by atoms with Gasteiger partial charge in [-0.15, -0.1) is 11.8 Å². The molecule has 0 aromatic heterocycles. The molecule has 1 aliphatic rings. The van der Waals surface area contributed by atoms with E-state index in [1.165, 1.54) is 30.7 Å². The highest BCUT2D eigenvalue weighted by atomic mass is 32.2. The molecule has 0 atom stereocenters. The van der Waals surface area contributed by atoms with Crippen molar-refractivity contribution < 1.29 is 31.5 Å². The Kier molecular flexibility index (Phi) is 10.7. The summed E-state index contributed by atoms with van der Waals surface area (Å²) < 4.78 is 70.1. The van der Waals surface area contributed by atoms with E-state index in [4.69, 9.17) is 10.2 Å². The first-order valence-electron chi connectivity index (χ1n) is 12.5. The number of rotatable bonds is 7. The second-order valence-corrected chi connectivity index (χ2v) is 11.9. The maximum absolute atomic E-state index is 15.7. The van der Waals surface area contributed by atoms with Gasteiger partial charge >= 0.3 is 5.97 Å². The van der Waals surface area contributed by atoms with E-state index in [0.29, 0.717) is 30.2 Å². The molecular weight excluding hydrogens is 525 g/mol. The van der Waals surface area contributed by atoms with Crippen molar-refractivity contribution in [1.29, 1.82) is 0 Å². The van der Waals surface area contributed by atoms with Gasteiger partial charge in [-0.2, -0.15) is 0 Å². The second-order valence-electron chi connectivity index (χ2n) is 9.41. The molecule has 204 valence electrons. The van der Waals surface area contributed by atoms with E-state index in [2.05, 4.69) is 5.32 Å². The number of thioether (sulfide) groups is 1. The third-order valence-electron chi connectivity index (χ3n) is 6.56. The van der Waals surface area contributed by atoms with Crippen LogP contribution in [-0.2, 0) is 15.8 Å². The minimum atomic E-state index is -4.78. The SMILES string of the molecule is NS(=O)(=O)c1c(F)c(F)c(SCc2ccc(C(=O)O)cc2)c(F)c1NC1CCCCCCCCCCC1. The van der Waals surface area contributed by atoms with Crippen molar-refractivity contribution in [3.05, 3.63) is 52.8 Å². The normalized spacial score (nSPS) is 16.5. The van der Waals surface area contributed by atoms with Gasteiger partial charge in [-0.1, -0.05) is 69.9 Å². The molecule has 1 aliphatic carbocycles. The number of hydrogen-bond donors (Lipinski definition) is 3. The van der Waals surface area contributed by atoms with Gasteiger partial charge in [0.05, 0.1) is 16.1 Å². The zero-order chi connectivity index (χ0) is 27.0. The third kappa shape index (κ3) is 8.12. The summed E-state index contributed by atoms with van der Waals surface area (Å²) in [6.07, 6.45) is 10.7. The average Bonchev–Trinajstić information content (AvgIpc) is 2.83. The fourth-order valence-electron chi connectivity index (χ4n) is 4.55. The third-order valence-corrected chi connectivity index (χ3v) is 8.64. The number of nitrogens with one attached hydrogen (secondary N) is 1. The zero-order valence-electron chi connectivity index (χ0n) is 20.6. The molecule has 0 heterocycles. The van der Waals surface area contributed by atoms with E-state index in [-0.39, 0.29) is 17.4 Å². The molecule has 4 N–H and O–H groups in total. The largest absolute Gasteiger partial charge is 0.478 e. The highest BCUT2D eigenvalue weighted by Gasteiger charge is 2.32. The molecule has 0 spiro atoms. The topological polar surface area (TPSA) is 109 Å². The smallest absolute Gasteiger partial charge is 0.335 e. The van der Waals surface area contributed by atoms with Crippen molar-refractivity contribution in [3.63, 3.8) is 0 Å². The van der Waals surface area contributed by atoms with Crippen LogP contribution in [0.4, 0.5) is 18.9 Å². The summed E-state index contributed by atoms with van der Waals surface area (Å²) in [5.74, 6) is -5.66. The van der Waals surface area contributed by atoms with Crippen LogP contribution in [0.25, 0.3) is 0 Å². The molecule has 0 bridgehead atoms. The molecule has 1 saturated carbocycles. The maximum Gasteiger partial charge on any atom is 0.335 e. The van der Waals surface area contributed by atoms with Crippen LogP contribution in [0.2, 0.25) is 0 Å². The van der Waals surface area contributed by atoms with Gasteiger partial charge in [-0.25, -0.2) is 31.5 Å². The van der Waals surface area contributed by atoms with Gasteiger partial charge in [-0.05, 0) is 30.5 Å². The Bertz CT molecular complexity index is 1180. The summed E-state index contributed by atoms with van der Waals surface area (Å²) in [5.41, 5.74) is -0.0287. The molecule has 0 aliphatic heterocycles. The number of hydrogen-bond acceptors (Lipinski definition) is 5. The predicted molar refractivity (Wildman–Crippen MR) is 139 cm³/mol. The fraction of sp³-hybridized carbons (Fsp3) is 0.500. The monoisotopic (exact) mass is 558 g/mol. The van der Waals surface area contributed by atoms with E-state index in [0.717, 1.165) is 51.4 Å². The van der Waals surface area contributed by atoms with Gasteiger partial charge in [0.2, 0.25) is 10.0 Å². The first-order chi connectivity index (χ1) is 17.6. The number of sulfonamides is 1. The zero-order valence-corrected chi connectivity index (χ0v) is 22.2. The number of carbonyl (C=O) groups is 1.